The van der Waals surface area contributed by atoms with Gasteiger partial charge in [0.25, 0.3) is 0 Å². The Morgan fingerprint density at radius 1 is 1.19 bits per heavy atom. The molecule has 0 aliphatic carbocycles. The number of hydrogen-bond acceptors (Lipinski definition) is 1. The SMILES string of the molecule is CCCC[C@H](O)c1ccc(C(F)(F)F)cc1. The first-order valence-corrected chi connectivity index (χ1v) is 5.30. The standard InChI is InChI=1S/C12H15F3O/c1-2-3-4-11(16)9-5-7-10(8-6-9)12(13,14)15/h5-8,11,16H,2-4H2,1H3/t11-/m0/s1. The second-order valence-electron chi connectivity index (χ2n) is 3.78. The predicted octanol–water partition coefficient (Wildman–Crippen LogP) is 3.93. The molecule has 0 fully saturated rings. The molecule has 0 radical (unpaired) electrons. The molecule has 0 aromatic heterocycles. The maximum atomic E-state index is 12.3. The molecule has 0 aliphatic rings. The van der Waals surface area contributed by atoms with Gasteiger partial charge in [-0.15, -0.1) is 0 Å². The van der Waals surface area contributed by atoms with Crippen LogP contribution in [0.2, 0.25) is 0 Å². The van der Waals surface area contributed by atoms with Gasteiger partial charge in [-0.05, 0) is 24.1 Å². The lowest BCUT2D eigenvalue weighted by Crippen LogP contribution is -2.05. The van der Waals surface area contributed by atoms with E-state index in [1.165, 1.54) is 12.1 Å². The molecular weight excluding hydrogens is 217 g/mol. The lowest BCUT2D eigenvalue weighted by molar-refractivity contribution is -0.137. The fraction of sp³-hybridized carbons (Fsp3) is 0.500. The molecule has 0 saturated heterocycles. The summed E-state index contributed by atoms with van der Waals surface area (Å²) in [7, 11) is 0. The number of benzene rings is 1. The van der Waals surface area contributed by atoms with E-state index in [0.29, 0.717) is 12.0 Å². The smallest absolute Gasteiger partial charge is 0.388 e. The van der Waals surface area contributed by atoms with Gasteiger partial charge in [-0.1, -0.05) is 31.9 Å². The summed E-state index contributed by atoms with van der Waals surface area (Å²) in [5, 5.41) is 9.66. The van der Waals surface area contributed by atoms with Gasteiger partial charge in [0, 0.05) is 0 Å². The van der Waals surface area contributed by atoms with Crippen molar-refractivity contribution in [3.8, 4) is 0 Å². The van der Waals surface area contributed by atoms with Crippen LogP contribution in [-0.2, 0) is 6.18 Å². The summed E-state index contributed by atoms with van der Waals surface area (Å²) in [6.07, 6.45) is -2.57. The number of rotatable bonds is 4. The lowest BCUT2D eigenvalue weighted by atomic mass is 10.0. The van der Waals surface area contributed by atoms with Gasteiger partial charge in [0.15, 0.2) is 0 Å². The monoisotopic (exact) mass is 232 g/mol. The number of halogens is 3. The van der Waals surface area contributed by atoms with Crippen molar-refractivity contribution < 1.29 is 18.3 Å². The Balaban J connectivity index is 2.71. The van der Waals surface area contributed by atoms with E-state index in [1.54, 1.807) is 0 Å². The predicted molar refractivity (Wildman–Crippen MR) is 55.9 cm³/mol. The zero-order chi connectivity index (χ0) is 12.2. The largest absolute Gasteiger partial charge is 0.416 e. The van der Waals surface area contributed by atoms with Crippen molar-refractivity contribution in [1.29, 1.82) is 0 Å². The Morgan fingerprint density at radius 2 is 1.75 bits per heavy atom. The Morgan fingerprint density at radius 3 is 2.19 bits per heavy atom. The van der Waals surface area contributed by atoms with Crippen molar-refractivity contribution in [2.24, 2.45) is 0 Å². The number of alkyl halides is 3. The molecule has 0 aliphatic heterocycles. The molecule has 4 heteroatoms. The van der Waals surface area contributed by atoms with E-state index in [4.69, 9.17) is 0 Å². The van der Waals surface area contributed by atoms with E-state index in [1.807, 2.05) is 6.92 Å². The van der Waals surface area contributed by atoms with Crippen LogP contribution in [0.1, 0.15) is 43.4 Å². The van der Waals surface area contributed by atoms with Crippen molar-refractivity contribution >= 4 is 0 Å². The first kappa shape index (κ1) is 13.0. The highest BCUT2D eigenvalue weighted by molar-refractivity contribution is 5.25. The van der Waals surface area contributed by atoms with Crippen LogP contribution in [0.25, 0.3) is 0 Å². The van der Waals surface area contributed by atoms with Gasteiger partial charge < -0.3 is 5.11 Å². The van der Waals surface area contributed by atoms with Crippen molar-refractivity contribution in [2.45, 2.75) is 38.5 Å². The maximum Gasteiger partial charge on any atom is 0.416 e. The normalized spacial score (nSPS) is 13.8. The van der Waals surface area contributed by atoms with E-state index in [0.717, 1.165) is 25.0 Å². The second-order valence-corrected chi connectivity index (χ2v) is 3.78. The number of unbranched alkanes of at least 4 members (excludes halogenated alkanes) is 1. The summed E-state index contributed by atoms with van der Waals surface area (Å²) in [5.41, 5.74) is -0.139. The Labute approximate surface area is 92.9 Å². The van der Waals surface area contributed by atoms with Gasteiger partial charge in [0.2, 0.25) is 0 Å². The third kappa shape index (κ3) is 3.52. The van der Waals surface area contributed by atoms with Gasteiger partial charge in [0.05, 0.1) is 11.7 Å². The van der Waals surface area contributed by atoms with Crippen LogP contribution in [0.4, 0.5) is 13.2 Å². The van der Waals surface area contributed by atoms with Crippen molar-refractivity contribution in [1.82, 2.24) is 0 Å². The van der Waals surface area contributed by atoms with Gasteiger partial charge >= 0.3 is 6.18 Å². The minimum absolute atomic E-state index is 0.543. The molecular formula is C12H15F3O. The highest BCUT2D eigenvalue weighted by Crippen LogP contribution is 2.30. The molecule has 0 saturated carbocycles. The average molecular weight is 232 g/mol. The zero-order valence-corrected chi connectivity index (χ0v) is 9.09. The summed E-state index contributed by atoms with van der Waals surface area (Å²) in [6, 6.07) is 4.68. The van der Waals surface area contributed by atoms with Crippen LogP contribution < -0.4 is 0 Å². The molecule has 1 rings (SSSR count). The van der Waals surface area contributed by atoms with Crippen LogP contribution in [-0.4, -0.2) is 5.11 Å². The van der Waals surface area contributed by atoms with Crippen LogP contribution in [0.15, 0.2) is 24.3 Å². The summed E-state index contributed by atoms with van der Waals surface area (Å²) >= 11 is 0. The molecule has 0 heterocycles. The third-order valence-corrected chi connectivity index (χ3v) is 2.45. The molecule has 0 spiro atoms. The topological polar surface area (TPSA) is 20.2 Å². The van der Waals surface area contributed by atoms with E-state index in [2.05, 4.69) is 0 Å². The molecule has 16 heavy (non-hydrogen) atoms. The third-order valence-electron chi connectivity index (χ3n) is 2.45. The highest BCUT2D eigenvalue weighted by atomic mass is 19.4. The highest BCUT2D eigenvalue weighted by Gasteiger charge is 2.30. The Hall–Kier alpha value is -1.03. The summed E-state index contributed by atoms with van der Waals surface area (Å²) in [4.78, 5) is 0. The van der Waals surface area contributed by atoms with Crippen molar-refractivity contribution in [3.63, 3.8) is 0 Å². The minimum atomic E-state index is -4.31. The van der Waals surface area contributed by atoms with Crippen molar-refractivity contribution in [2.75, 3.05) is 0 Å². The minimum Gasteiger partial charge on any atom is -0.388 e. The first-order chi connectivity index (χ1) is 7.45. The second kappa shape index (κ2) is 5.34. The molecule has 0 unspecified atom stereocenters. The summed E-state index contributed by atoms with van der Waals surface area (Å²) in [6.45, 7) is 2.00. The molecule has 1 atom stereocenters. The first-order valence-electron chi connectivity index (χ1n) is 5.30. The molecule has 1 aromatic carbocycles. The van der Waals surface area contributed by atoms with Crippen molar-refractivity contribution in [3.05, 3.63) is 35.4 Å². The quantitative estimate of drug-likeness (QED) is 0.833. The summed E-state index contributed by atoms with van der Waals surface area (Å²) in [5.74, 6) is 0. The average Bonchev–Trinajstić information content (AvgIpc) is 2.25. The van der Waals surface area contributed by atoms with Gasteiger partial charge in [-0.2, -0.15) is 13.2 Å². The van der Waals surface area contributed by atoms with E-state index in [-0.39, 0.29) is 0 Å². The van der Waals surface area contributed by atoms with Crippen LogP contribution >= 0.6 is 0 Å². The van der Waals surface area contributed by atoms with E-state index < -0.39 is 17.8 Å². The van der Waals surface area contributed by atoms with Gasteiger partial charge in [0.1, 0.15) is 0 Å². The number of aliphatic hydroxyl groups excluding tert-OH is 1. The fourth-order valence-corrected chi connectivity index (χ4v) is 1.46. The lowest BCUT2D eigenvalue weighted by Gasteiger charge is -2.12. The Bertz CT molecular complexity index is 316. The maximum absolute atomic E-state index is 12.3. The fourth-order valence-electron chi connectivity index (χ4n) is 1.46. The van der Waals surface area contributed by atoms with Crippen LogP contribution in [0.3, 0.4) is 0 Å². The summed E-state index contributed by atoms with van der Waals surface area (Å²) < 4.78 is 36.8. The van der Waals surface area contributed by atoms with Gasteiger partial charge in [-0.25, -0.2) is 0 Å². The van der Waals surface area contributed by atoms with E-state index in [9.17, 15) is 18.3 Å². The van der Waals surface area contributed by atoms with E-state index >= 15 is 0 Å². The molecule has 1 nitrogen and oxygen atoms in total. The van der Waals surface area contributed by atoms with Gasteiger partial charge in [-0.3, -0.25) is 0 Å². The number of hydrogen-bond donors (Lipinski definition) is 1. The molecule has 1 aromatic rings. The number of aliphatic hydroxyl groups is 1. The molecule has 0 bridgehead atoms. The molecule has 0 amide bonds. The zero-order valence-electron chi connectivity index (χ0n) is 9.09. The van der Waals surface area contributed by atoms with Crippen LogP contribution in [0.5, 0.6) is 0 Å². The molecule has 90 valence electrons. The molecule has 1 N–H and O–H groups in total. The Kier molecular flexibility index (Phi) is 4.35. The van der Waals surface area contributed by atoms with Crippen LogP contribution in [0, 0.1) is 0 Å².